The van der Waals surface area contributed by atoms with Crippen molar-refractivity contribution in [1.82, 2.24) is 19.9 Å². The van der Waals surface area contributed by atoms with Gasteiger partial charge in [0.15, 0.2) is 0 Å². The van der Waals surface area contributed by atoms with Crippen LogP contribution in [0, 0.1) is 11.8 Å². The number of ether oxygens (including phenoxy) is 1. The number of rotatable bonds is 11. The molecule has 0 saturated carbocycles. The van der Waals surface area contributed by atoms with Gasteiger partial charge in [0.25, 0.3) is 0 Å². The molecule has 3 aromatic rings. The van der Waals surface area contributed by atoms with Crippen molar-refractivity contribution in [2.24, 2.45) is 11.8 Å². The Kier molecular flexibility index (Phi) is 8.58. The number of aromatic nitrogens is 3. The quantitative estimate of drug-likeness (QED) is 0.392. The molecule has 7 nitrogen and oxygen atoms in total. The molecule has 0 spiro atoms. The van der Waals surface area contributed by atoms with Crippen molar-refractivity contribution in [1.29, 1.82) is 0 Å². The van der Waals surface area contributed by atoms with E-state index in [-0.39, 0.29) is 5.92 Å². The number of aryl methyl sites for hydroxylation is 1. The molecule has 1 N–H and O–H groups in total. The number of fused-ring (bicyclic) bond motifs is 1. The molecule has 1 unspecified atom stereocenters. The topological polar surface area (TPSA) is 88.4 Å². The molecule has 3 heterocycles. The lowest BCUT2D eigenvalue weighted by Gasteiger charge is -2.37. The number of piperidine rings is 1. The number of alkyl halides is 1. The number of carboxylic acids is 1. The highest BCUT2D eigenvalue weighted by Gasteiger charge is 2.34. The zero-order valence-corrected chi connectivity index (χ0v) is 20.1. The Morgan fingerprint density at radius 1 is 1.23 bits per heavy atom. The maximum atomic E-state index is 15.4. The van der Waals surface area contributed by atoms with Crippen LogP contribution in [0.15, 0.2) is 49.1 Å². The summed E-state index contributed by atoms with van der Waals surface area (Å²) in [6.45, 7) is 2.25. The largest absolute Gasteiger partial charge is 0.497 e. The number of pyridine rings is 1. The van der Waals surface area contributed by atoms with E-state index in [9.17, 15) is 9.90 Å². The van der Waals surface area contributed by atoms with Crippen LogP contribution in [0.1, 0.15) is 49.5 Å². The van der Waals surface area contributed by atoms with Crippen LogP contribution < -0.4 is 4.74 Å². The Morgan fingerprint density at radius 3 is 2.89 bits per heavy atom. The van der Waals surface area contributed by atoms with Crippen molar-refractivity contribution in [3.05, 3.63) is 60.3 Å². The van der Waals surface area contributed by atoms with Crippen LogP contribution in [0.4, 0.5) is 4.39 Å². The summed E-state index contributed by atoms with van der Waals surface area (Å²) in [6.07, 6.45) is 10.1. The monoisotopic (exact) mass is 480 g/mol. The third-order valence-electron chi connectivity index (χ3n) is 7.04. The van der Waals surface area contributed by atoms with Crippen molar-refractivity contribution < 1.29 is 19.0 Å². The Labute approximate surface area is 205 Å². The number of carbonyl (C=O) groups is 1. The summed E-state index contributed by atoms with van der Waals surface area (Å²) in [7, 11) is 1.58. The number of carboxylic acid groups (broad SMARTS) is 1. The van der Waals surface area contributed by atoms with E-state index in [1.165, 1.54) is 0 Å². The van der Waals surface area contributed by atoms with Gasteiger partial charge in [-0.05, 0) is 87.4 Å². The zero-order chi connectivity index (χ0) is 24.6. The van der Waals surface area contributed by atoms with Crippen LogP contribution in [0.2, 0.25) is 0 Å². The van der Waals surface area contributed by atoms with E-state index < -0.39 is 18.1 Å². The first-order valence-corrected chi connectivity index (χ1v) is 12.3. The van der Waals surface area contributed by atoms with Gasteiger partial charge < -0.3 is 14.7 Å². The number of unbranched alkanes of at least 4 members (excludes halogenated alkanes) is 1. The van der Waals surface area contributed by atoms with Crippen molar-refractivity contribution in [3.8, 4) is 5.75 Å². The average molecular weight is 481 g/mol. The van der Waals surface area contributed by atoms with Gasteiger partial charge in [-0.2, -0.15) is 0 Å². The molecule has 0 aliphatic carbocycles. The number of likely N-dealkylation sites (tertiary alicyclic amines) is 1. The molecule has 4 rings (SSSR count). The molecular weight excluding hydrogens is 447 g/mol. The lowest BCUT2D eigenvalue weighted by atomic mass is 9.81. The second-order valence-corrected chi connectivity index (χ2v) is 9.28. The summed E-state index contributed by atoms with van der Waals surface area (Å²) < 4.78 is 20.7. The molecule has 3 atom stereocenters. The van der Waals surface area contributed by atoms with E-state index in [1.807, 2.05) is 18.2 Å². The highest BCUT2D eigenvalue weighted by atomic mass is 19.1. The van der Waals surface area contributed by atoms with E-state index >= 15 is 4.39 Å². The first-order chi connectivity index (χ1) is 17.0. The normalized spacial score (nSPS) is 19.5. The standard InChI is InChI=1S/C27H33FN4O3/c1-35-21-6-8-26-23(16-21)22(9-11-31-26)25(28)7-5-19-10-15-32(18-24(19)27(33)34)14-3-2-4-20-17-29-12-13-30-20/h6,8-9,11-13,16-17,19,24-25H,2-5,7,10,14-15,18H2,1H3,(H,33,34)/t19-,24+,25?/m1/s1. The van der Waals surface area contributed by atoms with E-state index in [2.05, 4.69) is 19.9 Å². The van der Waals surface area contributed by atoms with Gasteiger partial charge in [0, 0.05) is 36.7 Å². The first-order valence-electron chi connectivity index (χ1n) is 12.3. The summed E-state index contributed by atoms with van der Waals surface area (Å²) >= 11 is 0. The van der Waals surface area contributed by atoms with Crippen LogP contribution in [0.5, 0.6) is 5.75 Å². The van der Waals surface area contributed by atoms with Gasteiger partial charge >= 0.3 is 5.97 Å². The molecule has 0 bridgehead atoms. The number of nitrogens with zero attached hydrogens (tertiary/aromatic N) is 4. The van der Waals surface area contributed by atoms with Crippen LogP contribution in [-0.4, -0.2) is 57.7 Å². The minimum Gasteiger partial charge on any atom is -0.497 e. The van der Waals surface area contributed by atoms with Gasteiger partial charge in [0.1, 0.15) is 11.9 Å². The fourth-order valence-electron chi connectivity index (χ4n) is 5.06. The summed E-state index contributed by atoms with van der Waals surface area (Å²) in [5.74, 6) is -0.614. The molecule has 8 heteroatoms. The third kappa shape index (κ3) is 6.51. The van der Waals surface area contributed by atoms with Gasteiger partial charge in [0.05, 0.1) is 24.2 Å². The fraction of sp³-hybridized carbons (Fsp3) is 0.481. The van der Waals surface area contributed by atoms with Crippen molar-refractivity contribution in [2.45, 2.75) is 44.7 Å². The van der Waals surface area contributed by atoms with Crippen molar-refractivity contribution in [3.63, 3.8) is 0 Å². The molecule has 1 saturated heterocycles. The first kappa shape index (κ1) is 25.0. The predicted molar refractivity (Wildman–Crippen MR) is 132 cm³/mol. The Bertz CT molecular complexity index is 1110. The highest BCUT2D eigenvalue weighted by molar-refractivity contribution is 5.83. The molecule has 1 aliphatic rings. The molecule has 0 radical (unpaired) electrons. The maximum Gasteiger partial charge on any atom is 0.308 e. The fourth-order valence-corrected chi connectivity index (χ4v) is 5.06. The lowest BCUT2D eigenvalue weighted by Crippen LogP contribution is -2.44. The molecule has 35 heavy (non-hydrogen) atoms. The number of aliphatic carboxylic acids is 1. The highest BCUT2D eigenvalue weighted by Crippen LogP contribution is 2.35. The molecular formula is C27H33FN4O3. The van der Waals surface area contributed by atoms with Crippen LogP contribution >= 0.6 is 0 Å². The van der Waals surface area contributed by atoms with Gasteiger partial charge in [-0.15, -0.1) is 0 Å². The summed E-state index contributed by atoms with van der Waals surface area (Å²) in [5.41, 5.74) is 2.29. The molecule has 0 amide bonds. The summed E-state index contributed by atoms with van der Waals surface area (Å²) in [5, 5.41) is 10.6. The van der Waals surface area contributed by atoms with Gasteiger partial charge in [-0.3, -0.25) is 19.7 Å². The van der Waals surface area contributed by atoms with E-state index in [0.29, 0.717) is 30.7 Å². The number of methoxy groups -OCH3 is 1. The molecule has 1 fully saturated rings. The number of hydrogen-bond acceptors (Lipinski definition) is 6. The summed E-state index contributed by atoms with van der Waals surface area (Å²) in [4.78, 5) is 27.0. The molecule has 1 aliphatic heterocycles. The average Bonchev–Trinajstić information content (AvgIpc) is 2.89. The van der Waals surface area contributed by atoms with Crippen molar-refractivity contribution >= 4 is 16.9 Å². The van der Waals surface area contributed by atoms with Gasteiger partial charge in [-0.25, -0.2) is 4.39 Å². The minimum atomic E-state index is -1.18. The van der Waals surface area contributed by atoms with Crippen LogP contribution in [0.3, 0.4) is 0 Å². The second-order valence-electron chi connectivity index (χ2n) is 9.28. The van der Waals surface area contributed by atoms with Crippen molar-refractivity contribution in [2.75, 3.05) is 26.7 Å². The smallest absolute Gasteiger partial charge is 0.308 e. The molecule has 186 valence electrons. The lowest BCUT2D eigenvalue weighted by molar-refractivity contribution is -0.146. The second kappa shape index (κ2) is 12.0. The minimum absolute atomic E-state index is 0.0239. The van der Waals surface area contributed by atoms with Crippen LogP contribution in [0.25, 0.3) is 10.9 Å². The summed E-state index contributed by atoms with van der Waals surface area (Å²) in [6, 6.07) is 7.17. The Balaban J connectivity index is 1.30. The Hall–Kier alpha value is -3.13. The number of benzene rings is 1. The van der Waals surface area contributed by atoms with E-state index in [4.69, 9.17) is 4.74 Å². The van der Waals surface area contributed by atoms with E-state index in [0.717, 1.165) is 55.4 Å². The maximum absolute atomic E-state index is 15.4. The third-order valence-corrected chi connectivity index (χ3v) is 7.04. The van der Waals surface area contributed by atoms with Gasteiger partial charge in [-0.1, -0.05) is 0 Å². The zero-order valence-electron chi connectivity index (χ0n) is 20.1. The van der Waals surface area contributed by atoms with Crippen LogP contribution in [-0.2, 0) is 11.2 Å². The predicted octanol–water partition coefficient (Wildman–Crippen LogP) is 4.87. The SMILES string of the molecule is COc1ccc2nccc(C(F)CC[C@@H]3CCN(CCCCc4cnccn4)C[C@@H]3C(=O)O)c2c1. The Morgan fingerprint density at radius 2 is 2.11 bits per heavy atom. The van der Waals surface area contributed by atoms with E-state index in [1.54, 1.807) is 38.0 Å². The van der Waals surface area contributed by atoms with Gasteiger partial charge in [0.2, 0.25) is 0 Å². The molecule has 2 aromatic heterocycles. The number of halogens is 1. The number of hydrogen-bond donors (Lipinski definition) is 1. The molecule has 1 aromatic carbocycles.